The molecule has 0 spiro atoms. The first-order valence-corrected chi connectivity index (χ1v) is 5.80. The molecule has 0 aliphatic carbocycles. The predicted molar refractivity (Wildman–Crippen MR) is 72.7 cm³/mol. The Morgan fingerprint density at radius 3 is 2.58 bits per heavy atom. The molecule has 1 heterocycles. The zero-order chi connectivity index (χ0) is 14.0. The summed E-state index contributed by atoms with van der Waals surface area (Å²) in [4.78, 5) is 12.3. The molecule has 102 valence electrons. The summed E-state index contributed by atoms with van der Waals surface area (Å²) in [5.74, 6) is 0.606. The smallest absolute Gasteiger partial charge is 0.295 e. The molecule has 0 bridgehead atoms. The van der Waals surface area contributed by atoms with Gasteiger partial charge >= 0.3 is 0 Å². The minimum Gasteiger partial charge on any atom is -0.494 e. The number of nitrogen functional groups attached to an aromatic ring is 1. The summed E-state index contributed by atoms with van der Waals surface area (Å²) in [6, 6.07) is 7.27. The topological polar surface area (TPSA) is 71.4 Å². The minimum atomic E-state index is -0.279. The van der Waals surface area contributed by atoms with E-state index in [-0.39, 0.29) is 17.9 Å². The van der Waals surface area contributed by atoms with Gasteiger partial charge in [0.25, 0.3) is 5.56 Å². The van der Waals surface area contributed by atoms with Crippen LogP contribution in [0.5, 0.6) is 5.75 Å². The Labute approximate surface area is 110 Å². The maximum absolute atomic E-state index is 12.3. The highest BCUT2D eigenvalue weighted by atomic mass is 16.5. The van der Waals surface area contributed by atoms with Crippen molar-refractivity contribution < 1.29 is 9.47 Å². The maximum atomic E-state index is 12.3. The SMILES string of the molecule is COCc1c(N)c(=O)n(-c2ccccc2OC)n1C. The second-order valence-corrected chi connectivity index (χ2v) is 4.11. The Morgan fingerprint density at radius 1 is 1.26 bits per heavy atom. The van der Waals surface area contributed by atoms with Crippen LogP contribution in [0.15, 0.2) is 29.1 Å². The van der Waals surface area contributed by atoms with Crippen molar-refractivity contribution in [1.29, 1.82) is 0 Å². The van der Waals surface area contributed by atoms with Crippen molar-refractivity contribution in [2.24, 2.45) is 7.05 Å². The van der Waals surface area contributed by atoms with Gasteiger partial charge in [0.1, 0.15) is 17.1 Å². The molecule has 2 N–H and O–H groups in total. The van der Waals surface area contributed by atoms with E-state index in [1.807, 2.05) is 12.1 Å². The van der Waals surface area contributed by atoms with E-state index in [0.717, 1.165) is 0 Å². The highest BCUT2D eigenvalue weighted by molar-refractivity contribution is 5.50. The first-order chi connectivity index (χ1) is 9.11. The number of hydrogen-bond acceptors (Lipinski definition) is 4. The van der Waals surface area contributed by atoms with Crippen molar-refractivity contribution >= 4 is 5.69 Å². The minimum absolute atomic E-state index is 0.190. The molecule has 0 fully saturated rings. The standard InChI is InChI=1S/C13H17N3O3/c1-15-10(8-18-2)12(14)13(17)16(15)9-6-4-5-7-11(9)19-3/h4-7H,8,14H2,1-3H3. The van der Waals surface area contributed by atoms with E-state index in [0.29, 0.717) is 17.1 Å². The Morgan fingerprint density at radius 2 is 1.95 bits per heavy atom. The Bertz CT molecular complexity index is 643. The Kier molecular flexibility index (Phi) is 3.62. The summed E-state index contributed by atoms with van der Waals surface area (Å²) in [6.45, 7) is 0.278. The second kappa shape index (κ2) is 5.19. The largest absolute Gasteiger partial charge is 0.494 e. The monoisotopic (exact) mass is 263 g/mol. The van der Waals surface area contributed by atoms with E-state index < -0.39 is 0 Å². The van der Waals surface area contributed by atoms with Gasteiger partial charge in [0.2, 0.25) is 0 Å². The van der Waals surface area contributed by atoms with Crippen LogP contribution in [0.1, 0.15) is 5.69 Å². The maximum Gasteiger partial charge on any atom is 0.295 e. The van der Waals surface area contributed by atoms with Crippen molar-refractivity contribution in [3.05, 3.63) is 40.3 Å². The van der Waals surface area contributed by atoms with E-state index in [4.69, 9.17) is 15.2 Å². The molecule has 0 radical (unpaired) electrons. The normalized spacial score (nSPS) is 10.7. The lowest BCUT2D eigenvalue weighted by Gasteiger charge is -2.12. The molecule has 0 unspecified atom stereocenters. The molecule has 2 rings (SSSR count). The van der Waals surface area contributed by atoms with Crippen LogP contribution in [0.2, 0.25) is 0 Å². The quantitative estimate of drug-likeness (QED) is 0.890. The van der Waals surface area contributed by atoms with Crippen LogP contribution in [0, 0.1) is 0 Å². The number of methoxy groups -OCH3 is 2. The van der Waals surface area contributed by atoms with E-state index in [9.17, 15) is 4.79 Å². The number of nitrogens with two attached hydrogens (primary N) is 1. The van der Waals surface area contributed by atoms with Crippen molar-refractivity contribution in [2.45, 2.75) is 6.61 Å². The average molecular weight is 263 g/mol. The van der Waals surface area contributed by atoms with Gasteiger partial charge in [0, 0.05) is 14.2 Å². The number of hydrogen-bond donors (Lipinski definition) is 1. The van der Waals surface area contributed by atoms with Crippen molar-refractivity contribution in [2.75, 3.05) is 20.0 Å². The summed E-state index contributed by atoms with van der Waals surface area (Å²) in [6.07, 6.45) is 0. The molecule has 0 aliphatic rings. The lowest BCUT2D eigenvalue weighted by Crippen LogP contribution is -2.21. The van der Waals surface area contributed by atoms with Gasteiger partial charge in [-0.2, -0.15) is 0 Å². The zero-order valence-electron chi connectivity index (χ0n) is 11.2. The molecule has 0 atom stereocenters. The molecule has 1 aromatic heterocycles. The van der Waals surface area contributed by atoms with Gasteiger partial charge in [-0.05, 0) is 12.1 Å². The third-order valence-electron chi connectivity index (χ3n) is 3.02. The van der Waals surface area contributed by atoms with Crippen LogP contribution in [-0.4, -0.2) is 23.6 Å². The lowest BCUT2D eigenvalue weighted by atomic mass is 10.3. The first kappa shape index (κ1) is 13.2. The Balaban J connectivity index is 2.70. The molecular weight excluding hydrogens is 246 g/mol. The number of aromatic nitrogens is 2. The Hall–Kier alpha value is -2.21. The third kappa shape index (κ3) is 2.10. The summed E-state index contributed by atoms with van der Waals surface area (Å²) >= 11 is 0. The van der Waals surface area contributed by atoms with Gasteiger partial charge in [-0.25, -0.2) is 4.68 Å². The zero-order valence-corrected chi connectivity index (χ0v) is 11.2. The second-order valence-electron chi connectivity index (χ2n) is 4.11. The number of nitrogens with zero attached hydrogens (tertiary/aromatic N) is 2. The highest BCUT2D eigenvalue weighted by Gasteiger charge is 2.18. The number of benzene rings is 1. The average Bonchev–Trinajstić information content (AvgIpc) is 2.63. The van der Waals surface area contributed by atoms with Crippen LogP contribution < -0.4 is 16.0 Å². The molecular formula is C13H17N3O3. The molecule has 6 heteroatoms. The fourth-order valence-corrected chi connectivity index (χ4v) is 2.05. The van der Waals surface area contributed by atoms with E-state index >= 15 is 0 Å². The van der Waals surface area contributed by atoms with Crippen molar-refractivity contribution in [1.82, 2.24) is 9.36 Å². The summed E-state index contributed by atoms with van der Waals surface area (Å²) in [5, 5.41) is 0. The van der Waals surface area contributed by atoms with Crippen LogP contribution in [0.25, 0.3) is 5.69 Å². The third-order valence-corrected chi connectivity index (χ3v) is 3.02. The van der Waals surface area contributed by atoms with Gasteiger partial charge in [-0.15, -0.1) is 0 Å². The van der Waals surface area contributed by atoms with Gasteiger partial charge in [0.15, 0.2) is 0 Å². The fraction of sp³-hybridized carbons (Fsp3) is 0.308. The van der Waals surface area contributed by atoms with E-state index in [2.05, 4.69) is 0 Å². The molecule has 1 aromatic carbocycles. The van der Waals surface area contributed by atoms with E-state index in [1.165, 1.54) is 4.68 Å². The molecule has 19 heavy (non-hydrogen) atoms. The first-order valence-electron chi connectivity index (χ1n) is 5.80. The molecule has 0 aliphatic heterocycles. The predicted octanol–water partition coefficient (Wildman–Crippen LogP) is 0.913. The fourth-order valence-electron chi connectivity index (χ4n) is 2.05. The van der Waals surface area contributed by atoms with Crippen molar-refractivity contribution in [3.8, 4) is 11.4 Å². The summed E-state index contributed by atoms with van der Waals surface area (Å²) < 4.78 is 13.5. The molecule has 0 saturated heterocycles. The van der Waals surface area contributed by atoms with E-state index in [1.54, 1.807) is 38.1 Å². The highest BCUT2D eigenvalue weighted by Crippen LogP contribution is 2.22. The number of anilines is 1. The number of rotatable bonds is 4. The van der Waals surface area contributed by atoms with Gasteiger partial charge in [-0.3, -0.25) is 9.48 Å². The molecule has 0 saturated carbocycles. The molecule has 6 nitrogen and oxygen atoms in total. The number of ether oxygens (including phenoxy) is 2. The van der Waals surface area contributed by atoms with Gasteiger partial charge in [0.05, 0.1) is 19.4 Å². The van der Waals surface area contributed by atoms with Gasteiger partial charge < -0.3 is 15.2 Å². The molecule has 0 amide bonds. The van der Waals surface area contributed by atoms with Gasteiger partial charge in [-0.1, -0.05) is 12.1 Å². The van der Waals surface area contributed by atoms with Crippen molar-refractivity contribution in [3.63, 3.8) is 0 Å². The van der Waals surface area contributed by atoms with Crippen LogP contribution >= 0.6 is 0 Å². The van der Waals surface area contributed by atoms with Crippen LogP contribution in [0.4, 0.5) is 5.69 Å². The summed E-state index contributed by atoms with van der Waals surface area (Å²) in [5.41, 5.74) is 7.04. The lowest BCUT2D eigenvalue weighted by molar-refractivity contribution is 0.177. The number of para-hydroxylation sites is 2. The van der Waals surface area contributed by atoms with Crippen LogP contribution in [0.3, 0.4) is 0 Å². The molecule has 2 aromatic rings. The van der Waals surface area contributed by atoms with Crippen LogP contribution in [-0.2, 0) is 18.4 Å². The summed E-state index contributed by atoms with van der Waals surface area (Å²) in [7, 11) is 4.88.